The van der Waals surface area contributed by atoms with Crippen LogP contribution in [-0.4, -0.2) is 24.5 Å². The zero-order valence-corrected chi connectivity index (χ0v) is 8.10. The smallest absolute Gasteiger partial charge is 0.316 e. The van der Waals surface area contributed by atoms with Gasteiger partial charge in [0.1, 0.15) is 0 Å². The first kappa shape index (κ1) is 9.62. The molecule has 1 heterocycles. The first-order chi connectivity index (χ1) is 6.24. The number of anilines is 1. The number of amides is 2. The fourth-order valence-corrected chi connectivity index (χ4v) is 1.37. The summed E-state index contributed by atoms with van der Waals surface area (Å²) in [6.45, 7) is 0.317. The Bertz CT molecular complexity index is 313. The first-order valence-electron chi connectivity index (χ1n) is 3.73. The zero-order chi connectivity index (χ0) is 9.68. The van der Waals surface area contributed by atoms with Crippen molar-refractivity contribution in [2.24, 2.45) is 0 Å². The van der Waals surface area contributed by atoms with Crippen molar-refractivity contribution in [3.05, 3.63) is 17.5 Å². The van der Waals surface area contributed by atoms with Gasteiger partial charge in [-0.1, -0.05) is 5.92 Å². The quantitative estimate of drug-likeness (QED) is 0.716. The van der Waals surface area contributed by atoms with E-state index in [-0.39, 0.29) is 6.03 Å². The summed E-state index contributed by atoms with van der Waals surface area (Å²) in [7, 11) is 1.66. The van der Waals surface area contributed by atoms with Gasteiger partial charge in [-0.3, -0.25) is 5.32 Å². The van der Waals surface area contributed by atoms with Gasteiger partial charge < -0.3 is 4.90 Å². The Labute approximate surface area is 81.4 Å². The monoisotopic (exact) mass is 194 g/mol. The molecule has 0 unspecified atom stereocenters. The molecule has 13 heavy (non-hydrogen) atoms. The zero-order valence-electron chi connectivity index (χ0n) is 7.28. The van der Waals surface area contributed by atoms with Gasteiger partial charge in [0.15, 0.2) is 0 Å². The molecular formula is C9H10N2OS. The molecule has 4 heteroatoms. The highest BCUT2D eigenvalue weighted by Gasteiger charge is 2.06. The van der Waals surface area contributed by atoms with Gasteiger partial charge in [0.2, 0.25) is 0 Å². The highest BCUT2D eigenvalue weighted by molar-refractivity contribution is 7.14. The lowest BCUT2D eigenvalue weighted by Crippen LogP contribution is -2.31. The summed E-state index contributed by atoms with van der Waals surface area (Å²) in [5.74, 6) is 2.40. The molecule has 1 aromatic rings. The summed E-state index contributed by atoms with van der Waals surface area (Å²) in [5, 5.41) is 5.44. The Morgan fingerprint density at radius 1 is 1.85 bits per heavy atom. The Kier molecular flexibility index (Phi) is 3.35. The lowest BCUT2D eigenvalue weighted by atomic mass is 10.6. The van der Waals surface area contributed by atoms with E-state index >= 15 is 0 Å². The lowest BCUT2D eigenvalue weighted by molar-refractivity contribution is 0.227. The third-order valence-electron chi connectivity index (χ3n) is 1.43. The predicted octanol–water partition coefficient (Wildman–Crippen LogP) is 1.85. The fraction of sp³-hybridized carbons (Fsp3) is 0.222. The molecule has 3 nitrogen and oxygen atoms in total. The third-order valence-corrected chi connectivity index (χ3v) is 2.21. The van der Waals surface area contributed by atoms with E-state index in [0.29, 0.717) is 6.54 Å². The van der Waals surface area contributed by atoms with Gasteiger partial charge in [0.05, 0.1) is 11.5 Å². The topological polar surface area (TPSA) is 32.3 Å². The summed E-state index contributed by atoms with van der Waals surface area (Å²) < 4.78 is 0. The molecule has 0 aliphatic carbocycles. The Morgan fingerprint density at radius 3 is 3.15 bits per heavy atom. The van der Waals surface area contributed by atoms with Crippen molar-refractivity contribution >= 4 is 22.4 Å². The van der Waals surface area contributed by atoms with Crippen LogP contribution >= 0.6 is 11.3 Å². The number of terminal acetylenes is 1. The van der Waals surface area contributed by atoms with Crippen molar-refractivity contribution in [2.45, 2.75) is 0 Å². The van der Waals surface area contributed by atoms with Crippen LogP contribution in [0.2, 0.25) is 0 Å². The van der Waals surface area contributed by atoms with Crippen molar-refractivity contribution in [2.75, 3.05) is 18.9 Å². The summed E-state index contributed by atoms with van der Waals surface area (Å²) in [4.78, 5) is 12.8. The molecule has 0 aromatic carbocycles. The Balaban J connectivity index is 2.47. The molecule has 0 radical (unpaired) electrons. The molecule has 1 aromatic heterocycles. The molecule has 1 N–H and O–H groups in total. The van der Waals surface area contributed by atoms with E-state index in [9.17, 15) is 4.79 Å². The van der Waals surface area contributed by atoms with E-state index in [1.165, 1.54) is 16.2 Å². The van der Waals surface area contributed by atoms with Gasteiger partial charge in [0.25, 0.3) is 0 Å². The van der Waals surface area contributed by atoms with E-state index < -0.39 is 0 Å². The van der Waals surface area contributed by atoms with Crippen molar-refractivity contribution in [1.29, 1.82) is 0 Å². The molecule has 0 aliphatic rings. The van der Waals surface area contributed by atoms with Crippen LogP contribution in [0.1, 0.15) is 0 Å². The maximum atomic E-state index is 11.3. The van der Waals surface area contributed by atoms with Crippen LogP contribution in [0, 0.1) is 12.3 Å². The van der Waals surface area contributed by atoms with Crippen LogP contribution in [0.5, 0.6) is 0 Å². The van der Waals surface area contributed by atoms with Crippen LogP contribution in [0.15, 0.2) is 17.5 Å². The second-order valence-electron chi connectivity index (χ2n) is 2.47. The summed E-state index contributed by atoms with van der Waals surface area (Å²) >= 11 is 1.48. The predicted molar refractivity (Wildman–Crippen MR) is 54.8 cm³/mol. The van der Waals surface area contributed by atoms with Crippen LogP contribution in [0.25, 0.3) is 0 Å². The maximum Gasteiger partial charge on any atom is 0.322 e. The highest BCUT2D eigenvalue weighted by Crippen LogP contribution is 2.14. The number of hydrogen-bond acceptors (Lipinski definition) is 2. The van der Waals surface area contributed by atoms with Crippen molar-refractivity contribution in [1.82, 2.24) is 4.90 Å². The maximum absolute atomic E-state index is 11.3. The number of nitrogens with one attached hydrogen (secondary N) is 1. The highest BCUT2D eigenvalue weighted by atomic mass is 32.1. The summed E-state index contributed by atoms with van der Waals surface area (Å²) in [6.07, 6.45) is 5.07. The van der Waals surface area contributed by atoms with Crippen LogP contribution in [-0.2, 0) is 0 Å². The minimum absolute atomic E-state index is 0.180. The van der Waals surface area contributed by atoms with E-state index in [4.69, 9.17) is 6.42 Å². The minimum Gasteiger partial charge on any atom is -0.316 e. The largest absolute Gasteiger partial charge is 0.322 e. The van der Waals surface area contributed by atoms with E-state index in [1.54, 1.807) is 7.05 Å². The molecular weight excluding hydrogens is 184 g/mol. The van der Waals surface area contributed by atoms with Gasteiger partial charge in [-0.15, -0.1) is 17.8 Å². The van der Waals surface area contributed by atoms with Gasteiger partial charge in [-0.2, -0.15) is 0 Å². The molecule has 0 bridgehead atoms. The van der Waals surface area contributed by atoms with Crippen molar-refractivity contribution < 1.29 is 4.79 Å². The molecule has 0 atom stereocenters. The number of carbonyl (C=O) groups excluding carboxylic acids is 1. The number of thiophene rings is 1. The second-order valence-corrected chi connectivity index (χ2v) is 3.42. The van der Waals surface area contributed by atoms with Gasteiger partial charge >= 0.3 is 6.03 Å². The molecule has 1 rings (SSSR count). The number of rotatable bonds is 2. The number of urea groups is 1. The average Bonchev–Trinajstić information content (AvgIpc) is 2.57. The van der Waals surface area contributed by atoms with Gasteiger partial charge in [-0.25, -0.2) is 4.79 Å². The van der Waals surface area contributed by atoms with E-state index in [0.717, 1.165) is 5.00 Å². The third kappa shape index (κ3) is 2.80. The lowest BCUT2D eigenvalue weighted by Gasteiger charge is -2.13. The van der Waals surface area contributed by atoms with Crippen molar-refractivity contribution in [3.63, 3.8) is 0 Å². The van der Waals surface area contributed by atoms with Crippen LogP contribution in [0.4, 0.5) is 9.80 Å². The van der Waals surface area contributed by atoms with Crippen LogP contribution < -0.4 is 5.32 Å². The number of hydrogen-bond donors (Lipinski definition) is 1. The van der Waals surface area contributed by atoms with E-state index in [2.05, 4.69) is 11.2 Å². The normalized spacial score (nSPS) is 8.92. The number of nitrogens with zero attached hydrogens (tertiary/aromatic N) is 1. The van der Waals surface area contributed by atoms with Gasteiger partial charge in [0, 0.05) is 7.05 Å². The first-order valence-corrected chi connectivity index (χ1v) is 4.61. The fourth-order valence-electron chi connectivity index (χ4n) is 0.759. The standard InChI is InChI=1S/C9H10N2OS/c1-3-6-11(2)9(12)10-8-5-4-7-13-8/h1,4-5,7H,6H2,2H3,(H,10,12). The summed E-state index contributed by atoms with van der Waals surface area (Å²) in [6, 6.07) is 3.54. The molecule has 0 aliphatic heterocycles. The summed E-state index contributed by atoms with van der Waals surface area (Å²) in [5.41, 5.74) is 0. The van der Waals surface area contributed by atoms with Crippen LogP contribution in [0.3, 0.4) is 0 Å². The molecule has 68 valence electrons. The molecule has 2 amide bonds. The van der Waals surface area contributed by atoms with Gasteiger partial charge in [-0.05, 0) is 17.5 Å². The Hall–Kier alpha value is -1.47. The molecule has 0 saturated heterocycles. The SMILES string of the molecule is C#CCN(C)C(=O)Nc1cccs1. The molecule has 0 fully saturated rings. The average molecular weight is 194 g/mol. The van der Waals surface area contributed by atoms with Crippen molar-refractivity contribution in [3.8, 4) is 12.3 Å². The second kappa shape index (κ2) is 4.53. The molecule has 0 saturated carbocycles. The van der Waals surface area contributed by atoms with E-state index in [1.807, 2.05) is 17.5 Å². The Morgan fingerprint density at radius 2 is 2.62 bits per heavy atom. The molecule has 0 spiro atoms. The minimum atomic E-state index is -0.180. The number of carbonyl (C=O) groups is 1.